The molecule has 1 N–H and O–H groups in total. The number of hydrogen-bond donors (Lipinski definition) is 1. The third kappa shape index (κ3) is 10.6. The molecule has 1 saturated heterocycles. The van der Waals surface area contributed by atoms with Crippen molar-refractivity contribution in [3.05, 3.63) is 45.3 Å². The minimum atomic E-state index is -0.713. The summed E-state index contributed by atoms with van der Waals surface area (Å²) in [4.78, 5) is 55.4. The number of amides is 4. The van der Waals surface area contributed by atoms with E-state index in [2.05, 4.69) is 27.2 Å². The number of piperidine rings is 1. The molecule has 0 radical (unpaired) electrons. The first kappa shape index (κ1) is 33.4. The summed E-state index contributed by atoms with van der Waals surface area (Å²) in [6, 6.07) is 4.50. The molecular weight excluding hydrogens is 560 g/mol. The predicted molar refractivity (Wildman–Crippen MR) is 154 cm³/mol. The molecule has 1 aromatic rings. The van der Waals surface area contributed by atoms with Gasteiger partial charge in [0, 0.05) is 42.1 Å². The number of hydrogen-bond acceptors (Lipinski definition) is 9. The molecule has 1 aromatic carbocycles. The molecule has 1 fully saturated rings. The van der Waals surface area contributed by atoms with E-state index in [1.165, 1.54) is 9.80 Å². The van der Waals surface area contributed by atoms with Crippen molar-refractivity contribution in [1.29, 1.82) is 0 Å². The summed E-state index contributed by atoms with van der Waals surface area (Å²) in [5.41, 5.74) is 9.32. The van der Waals surface area contributed by atoms with Crippen LogP contribution < -0.4 is 5.32 Å². The third-order valence-electron chi connectivity index (χ3n) is 6.38. The van der Waals surface area contributed by atoms with Crippen LogP contribution in [0.5, 0.6) is 0 Å². The standard InChI is InChI=1S/C29H38N6O8/c1-29(2,3)43-28(39)34(13-15-41-17-19-42-18-16-40-14-11-31-33-30)12-5-7-21-6-4-8-22-23(21)20-35(27(22)38)24-9-10-25(36)32-26(24)37/h4,6,8,24H,9-20H2,1-3H3,(H,32,36,37). The van der Waals surface area contributed by atoms with Gasteiger partial charge in [-0.05, 0) is 50.4 Å². The minimum Gasteiger partial charge on any atom is -0.444 e. The highest BCUT2D eigenvalue weighted by Crippen LogP contribution is 2.29. The quantitative estimate of drug-likeness (QED) is 0.0849. The molecule has 0 saturated carbocycles. The van der Waals surface area contributed by atoms with Gasteiger partial charge in [-0.25, -0.2) is 4.79 Å². The minimum absolute atomic E-state index is 0.0659. The van der Waals surface area contributed by atoms with Crippen LogP contribution in [0.3, 0.4) is 0 Å². The summed E-state index contributed by atoms with van der Waals surface area (Å²) in [7, 11) is 0. The second-order valence-electron chi connectivity index (χ2n) is 10.7. The van der Waals surface area contributed by atoms with Crippen molar-refractivity contribution < 1.29 is 38.1 Å². The summed E-state index contributed by atoms with van der Waals surface area (Å²) in [5.74, 6) is 5.00. The van der Waals surface area contributed by atoms with Crippen molar-refractivity contribution in [3.8, 4) is 11.8 Å². The van der Waals surface area contributed by atoms with Crippen LogP contribution in [-0.2, 0) is 35.1 Å². The highest BCUT2D eigenvalue weighted by atomic mass is 16.6. The van der Waals surface area contributed by atoms with E-state index in [1.54, 1.807) is 39.0 Å². The van der Waals surface area contributed by atoms with E-state index in [9.17, 15) is 19.2 Å². The van der Waals surface area contributed by atoms with E-state index in [0.717, 1.165) is 0 Å². The van der Waals surface area contributed by atoms with Crippen LogP contribution in [-0.4, -0.2) is 105 Å². The Kier molecular flexibility index (Phi) is 12.8. The Morgan fingerprint density at radius 3 is 2.49 bits per heavy atom. The lowest BCUT2D eigenvalue weighted by molar-refractivity contribution is -0.136. The van der Waals surface area contributed by atoms with Crippen LogP contribution in [0.15, 0.2) is 23.3 Å². The normalized spacial score (nSPS) is 16.1. The van der Waals surface area contributed by atoms with Gasteiger partial charge in [0.25, 0.3) is 5.91 Å². The van der Waals surface area contributed by atoms with Gasteiger partial charge in [-0.1, -0.05) is 23.0 Å². The zero-order valence-corrected chi connectivity index (χ0v) is 24.8. The number of carbonyl (C=O) groups is 4. The largest absolute Gasteiger partial charge is 0.444 e. The second kappa shape index (κ2) is 16.5. The summed E-state index contributed by atoms with van der Waals surface area (Å²) >= 11 is 0. The Morgan fingerprint density at radius 2 is 1.81 bits per heavy atom. The fourth-order valence-electron chi connectivity index (χ4n) is 4.36. The van der Waals surface area contributed by atoms with E-state index in [-0.39, 0.29) is 57.4 Å². The van der Waals surface area contributed by atoms with Gasteiger partial charge in [-0.3, -0.25) is 24.6 Å². The summed E-state index contributed by atoms with van der Waals surface area (Å²) in [5, 5.41) is 5.68. The van der Waals surface area contributed by atoms with Crippen LogP contribution in [0.1, 0.15) is 55.1 Å². The first-order chi connectivity index (χ1) is 20.6. The SMILES string of the molecule is CC(C)(C)OC(=O)N(CC#Cc1cccc2c1CN(C1CCC(=O)NC1=O)C2=O)CCOCCOCCOCCN=[N+]=[N-]. The van der Waals surface area contributed by atoms with E-state index >= 15 is 0 Å². The van der Waals surface area contributed by atoms with Crippen molar-refractivity contribution in [2.45, 2.75) is 51.8 Å². The number of rotatable bonds is 14. The van der Waals surface area contributed by atoms with Crippen LogP contribution in [0.2, 0.25) is 0 Å². The number of azide groups is 1. The van der Waals surface area contributed by atoms with E-state index in [4.69, 9.17) is 24.5 Å². The average Bonchev–Trinajstić information content (AvgIpc) is 3.28. The Hall–Kier alpha value is -4.15. The first-order valence-corrected chi connectivity index (χ1v) is 14.1. The molecule has 0 aliphatic carbocycles. The summed E-state index contributed by atoms with van der Waals surface area (Å²) in [6.45, 7) is 8.11. The molecule has 232 valence electrons. The van der Waals surface area contributed by atoms with Gasteiger partial charge in [0.2, 0.25) is 11.8 Å². The zero-order valence-electron chi connectivity index (χ0n) is 24.8. The molecule has 1 atom stereocenters. The van der Waals surface area contributed by atoms with Gasteiger partial charge < -0.3 is 23.8 Å². The van der Waals surface area contributed by atoms with Crippen molar-refractivity contribution in [3.63, 3.8) is 0 Å². The molecule has 2 aliphatic rings. The molecule has 1 unspecified atom stereocenters. The van der Waals surface area contributed by atoms with Crippen molar-refractivity contribution >= 4 is 23.8 Å². The molecule has 0 bridgehead atoms. The smallest absolute Gasteiger partial charge is 0.411 e. The van der Waals surface area contributed by atoms with Gasteiger partial charge in [0.05, 0.1) is 46.2 Å². The maximum atomic E-state index is 13.1. The molecule has 4 amide bonds. The Bertz CT molecular complexity index is 1280. The lowest BCUT2D eigenvalue weighted by atomic mass is 10.0. The van der Waals surface area contributed by atoms with Crippen molar-refractivity contribution in [2.24, 2.45) is 5.11 Å². The van der Waals surface area contributed by atoms with Crippen molar-refractivity contribution in [1.82, 2.24) is 15.1 Å². The summed E-state index contributed by atoms with van der Waals surface area (Å²) in [6.07, 6.45) is -0.0765. The van der Waals surface area contributed by atoms with E-state index in [0.29, 0.717) is 49.7 Å². The highest BCUT2D eigenvalue weighted by Gasteiger charge is 2.39. The molecule has 0 aromatic heterocycles. The number of imide groups is 1. The van der Waals surface area contributed by atoms with Crippen LogP contribution >= 0.6 is 0 Å². The highest BCUT2D eigenvalue weighted by molar-refractivity contribution is 6.05. The van der Waals surface area contributed by atoms with E-state index < -0.39 is 23.6 Å². The summed E-state index contributed by atoms with van der Waals surface area (Å²) < 4.78 is 21.8. The van der Waals surface area contributed by atoms with Gasteiger partial charge >= 0.3 is 6.09 Å². The van der Waals surface area contributed by atoms with Crippen molar-refractivity contribution in [2.75, 3.05) is 59.3 Å². The second-order valence-corrected chi connectivity index (χ2v) is 10.7. The van der Waals surface area contributed by atoms with Gasteiger partial charge in [-0.2, -0.15) is 0 Å². The third-order valence-corrected chi connectivity index (χ3v) is 6.38. The van der Waals surface area contributed by atoms with Crippen LogP contribution in [0, 0.1) is 11.8 Å². The number of fused-ring (bicyclic) bond motifs is 1. The molecule has 2 aliphatic heterocycles. The van der Waals surface area contributed by atoms with Crippen LogP contribution in [0.4, 0.5) is 4.79 Å². The molecule has 0 spiro atoms. The maximum absolute atomic E-state index is 13.1. The van der Waals surface area contributed by atoms with E-state index in [1.807, 2.05) is 0 Å². The number of benzene rings is 1. The molecule has 2 heterocycles. The number of nitrogens with one attached hydrogen (secondary N) is 1. The molecule has 14 nitrogen and oxygen atoms in total. The lowest BCUT2D eigenvalue weighted by Crippen LogP contribution is -2.52. The Labute approximate surface area is 250 Å². The monoisotopic (exact) mass is 598 g/mol. The lowest BCUT2D eigenvalue weighted by Gasteiger charge is -2.29. The average molecular weight is 599 g/mol. The molecular formula is C29H38N6O8. The molecule has 43 heavy (non-hydrogen) atoms. The number of nitrogens with zero attached hydrogens (tertiary/aromatic N) is 5. The topological polar surface area (TPSA) is 172 Å². The van der Waals surface area contributed by atoms with Gasteiger partial charge in [0.15, 0.2) is 0 Å². The fraction of sp³-hybridized carbons (Fsp3) is 0.586. The van der Waals surface area contributed by atoms with Gasteiger partial charge in [0.1, 0.15) is 11.6 Å². The number of carbonyl (C=O) groups excluding carboxylic acids is 4. The zero-order chi connectivity index (χ0) is 31.2. The maximum Gasteiger partial charge on any atom is 0.411 e. The van der Waals surface area contributed by atoms with Gasteiger partial charge in [-0.15, -0.1) is 0 Å². The predicted octanol–water partition coefficient (Wildman–Crippen LogP) is 2.40. The Balaban J connectivity index is 1.53. The molecule has 14 heteroatoms. The fourth-order valence-corrected chi connectivity index (χ4v) is 4.36. The first-order valence-electron chi connectivity index (χ1n) is 14.1. The number of ether oxygens (including phenoxy) is 4. The Morgan fingerprint density at radius 1 is 1.12 bits per heavy atom. The van der Waals surface area contributed by atoms with Crippen LogP contribution in [0.25, 0.3) is 10.4 Å². The molecule has 3 rings (SSSR count).